The predicted octanol–water partition coefficient (Wildman–Crippen LogP) is 1.42. The maximum atomic E-state index is 9.25. The first-order chi connectivity index (χ1) is 4.68. The predicted molar refractivity (Wildman–Crippen MR) is 39.7 cm³/mol. The van der Waals surface area contributed by atoms with Crippen LogP contribution in [0.15, 0.2) is 25.0 Å². The minimum absolute atomic E-state index is 0.833. The molecular weight excluding hydrogens is 132 g/mol. The number of methoxy groups -OCH3 is 1. The molecule has 0 aliphatic heterocycles. The third-order valence-corrected chi connectivity index (χ3v) is 0.447. The quantitative estimate of drug-likeness (QED) is 0.471. The van der Waals surface area contributed by atoms with Gasteiger partial charge in [0.15, 0.2) is 0 Å². The zero-order chi connectivity index (χ0) is 8.41. The van der Waals surface area contributed by atoms with Crippen molar-refractivity contribution >= 4 is 5.97 Å². The van der Waals surface area contributed by atoms with Gasteiger partial charge in [0.05, 0.1) is 13.4 Å². The number of aliphatic carboxylic acids is 1. The Hall–Kier alpha value is -1.25. The number of hydrogen-bond acceptors (Lipinski definition) is 2. The van der Waals surface area contributed by atoms with Gasteiger partial charge in [-0.3, -0.25) is 0 Å². The number of hydrogen-bond donors (Lipinski definition) is 1. The smallest absolute Gasteiger partial charge is 0.327 e. The van der Waals surface area contributed by atoms with Crippen LogP contribution in [0.3, 0.4) is 0 Å². The van der Waals surface area contributed by atoms with Gasteiger partial charge in [-0.05, 0) is 6.92 Å². The van der Waals surface area contributed by atoms with Crippen LogP contribution in [0.25, 0.3) is 0 Å². The van der Waals surface area contributed by atoms with Crippen LogP contribution in [-0.2, 0) is 9.53 Å². The topological polar surface area (TPSA) is 46.5 Å². The third-order valence-electron chi connectivity index (χ3n) is 0.447. The molecule has 0 aromatic heterocycles. The summed E-state index contributed by atoms with van der Waals surface area (Å²) >= 11 is 0. The zero-order valence-corrected chi connectivity index (χ0v) is 6.20. The van der Waals surface area contributed by atoms with Gasteiger partial charge in [0, 0.05) is 6.08 Å². The van der Waals surface area contributed by atoms with Crippen LogP contribution in [0.4, 0.5) is 0 Å². The molecule has 0 atom stereocenters. The van der Waals surface area contributed by atoms with Crippen LogP contribution in [0.2, 0.25) is 0 Å². The summed E-state index contributed by atoms with van der Waals surface area (Å²) < 4.78 is 4.51. The fraction of sp³-hybridized carbons (Fsp3) is 0.286. The molecule has 0 aliphatic rings. The molecule has 0 saturated heterocycles. The van der Waals surface area contributed by atoms with Crippen LogP contribution >= 0.6 is 0 Å². The van der Waals surface area contributed by atoms with E-state index in [1.165, 1.54) is 0 Å². The largest absolute Gasteiger partial charge is 0.505 e. The van der Waals surface area contributed by atoms with E-state index in [-0.39, 0.29) is 0 Å². The third kappa shape index (κ3) is 29.5. The average Bonchev–Trinajstić information content (AvgIpc) is 1.91. The molecule has 0 saturated carbocycles. The second-order valence-corrected chi connectivity index (χ2v) is 1.25. The molecule has 0 rings (SSSR count). The lowest BCUT2D eigenvalue weighted by Gasteiger charge is -1.76. The van der Waals surface area contributed by atoms with Crippen molar-refractivity contribution in [3.63, 3.8) is 0 Å². The van der Waals surface area contributed by atoms with Gasteiger partial charge in [0.2, 0.25) is 0 Å². The van der Waals surface area contributed by atoms with Gasteiger partial charge in [-0.25, -0.2) is 4.79 Å². The first kappa shape index (κ1) is 11.5. The Morgan fingerprint density at radius 1 is 1.70 bits per heavy atom. The molecule has 58 valence electrons. The second-order valence-electron chi connectivity index (χ2n) is 1.25. The number of carbonyl (C=O) groups is 1. The summed E-state index contributed by atoms with van der Waals surface area (Å²) in [4.78, 5) is 9.25. The summed E-state index contributed by atoms with van der Waals surface area (Å²) in [6, 6.07) is 0. The van der Waals surface area contributed by atoms with E-state index in [1.807, 2.05) is 13.0 Å². The van der Waals surface area contributed by atoms with Gasteiger partial charge in [-0.2, -0.15) is 0 Å². The molecule has 0 bridgehead atoms. The van der Waals surface area contributed by atoms with Crippen LogP contribution in [-0.4, -0.2) is 18.2 Å². The van der Waals surface area contributed by atoms with Crippen LogP contribution in [0.5, 0.6) is 0 Å². The molecule has 0 amide bonds. The molecule has 0 heterocycles. The van der Waals surface area contributed by atoms with Crippen molar-refractivity contribution in [2.24, 2.45) is 0 Å². The first-order valence-electron chi connectivity index (χ1n) is 2.68. The summed E-state index contributed by atoms with van der Waals surface area (Å²) in [5, 5.41) is 7.60. The molecule has 0 aliphatic carbocycles. The molecule has 0 aromatic rings. The Labute approximate surface area is 60.6 Å². The van der Waals surface area contributed by atoms with E-state index in [4.69, 9.17) is 5.11 Å². The lowest BCUT2D eigenvalue weighted by atomic mass is 10.7. The molecule has 1 N–H and O–H groups in total. The first-order valence-corrected chi connectivity index (χ1v) is 2.68. The van der Waals surface area contributed by atoms with Crippen molar-refractivity contribution in [3.05, 3.63) is 25.0 Å². The average molecular weight is 144 g/mol. The van der Waals surface area contributed by atoms with E-state index in [0.29, 0.717) is 0 Å². The van der Waals surface area contributed by atoms with Crippen molar-refractivity contribution in [2.75, 3.05) is 7.11 Å². The van der Waals surface area contributed by atoms with Crippen molar-refractivity contribution in [2.45, 2.75) is 6.92 Å². The van der Waals surface area contributed by atoms with Gasteiger partial charge in [0.1, 0.15) is 0 Å². The van der Waals surface area contributed by atoms with Gasteiger partial charge in [-0.1, -0.05) is 12.7 Å². The van der Waals surface area contributed by atoms with Gasteiger partial charge >= 0.3 is 5.97 Å². The van der Waals surface area contributed by atoms with E-state index in [2.05, 4.69) is 11.3 Å². The summed E-state index contributed by atoms with van der Waals surface area (Å²) in [6.07, 6.45) is 4.29. The molecule has 0 aromatic carbocycles. The van der Waals surface area contributed by atoms with E-state index in [0.717, 1.165) is 6.08 Å². The summed E-state index contributed by atoms with van der Waals surface area (Å²) in [5.41, 5.74) is 0. The summed E-state index contributed by atoms with van der Waals surface area (Å²) in [7, 11) is 1.62. The van der Waals surface area contributed by atoms with Gasteiger partial charge in [-0.15, -0.1) is 0 Å². The number of carboxylic acids is 1. The molecule has 10 heavy (non-hydrogen) atoms. The lowest BCUT2D eigenvalue weighted by molar-refractivity contribution is -0.131. The molecule has 3 nitrogen and oxygen atoms in total. The van der Waals surface area contributed by atoms with Gasteiger partial charge in [0.25, 0.3) is 0 Å². The Bertz CT molecular complexity index is 116. The molecule has 0 radical (unpaired) electrons. The molecule has 0 unspecified atom stereocenters. The second kappa shape index (κ2) is 10.7. The maximum absolute atomic E-state index is 9.25. The van der Waals surface area contributed by atoms with E-state index in [9.17, 15) is 4.79 Å². The van der Waals surface area contributed by atoms with Gasteiger partial charge < -0.3 is 9.84 Å². The van der Waals surface area contributed by atoms with E-state index in [1.54, 1.807) is 13.4 Å². The highest BCUT2D eigenvalue weighted by Gasteiger charge is 1.73. The van der Waals surface area contributed by atoms with Crippen molar-refractivity contribution in [3.8, 4) is 0 Å². The van der Waals surface area contributed by atoms with Crippen molar-refractivity contribution in [1.29, 1.82) is 0 Å². The summed E-state index contributed by atoms with van der Waals surface area (Å²) in [5.74, 6) is -0.981. The number of carboxylic acid groups (broad SMARTS) is 1. The fourth-order valence-corrected chi connectivity index (χ4v) is 0.136. The monoisotopic (exact) mass is 144 g/mol. The Morgan fingerprint density at radius 3 is 2.10 bits per heavy atom. The van der Waals surface area contributed by atoms with Crippen molar-refractivity contribution < 1.29 is 14.6 Å². The maximum Gasteiger partial charge on any atom is 0.327 e. The number of ether oxygens (including phenoxy) is 1. The number of allylic oxidation sites excluding steroid dienone is 1. The minimum atomic E-state index is -0.981. The lowest BCUT2D eigenvalue weighted by Crippen LogP contribution is -1.82. The highest BCUT2D eigenvalue weighted by molar-refractivity contribution is 5.78. The molecule has 0 spiro atoms. The Kier molecular flexibility index (Phi) is 12.3. The Balaban J connectivity index is 0. The SMILES string of the molecule is C=CC(=O)O.CC=COC. The number of rotatable bonds is 2. The summed E-state index contributed by atoms with van der Waals surface area (Å²) in [6.45, 7) is 4.87. The molecule has 3 heteroatoms. The van der Waals surface area contributed by atoms with Crippen LogP contribution in [0, 0.1) is 0 Å². The highest BCUT2D eigenvalue weighted by Crippen LogP contribution is 1.64. The molecule has 0 fully saturated rings. The normalized spacial score (nSPS) is 7.80. The van der Waals surface area contributed by atoms with E-state index < -0.39 is 5.97 Å². The highest BCUT2D eigenvalue weighted by atomic mass is 16.5. The van der Waals surface area contributed by atoms with Crippen molar-refractivity contribution in [1.82, 2.24) is 0 Å². The zero-order valence-electron chi connectivity index (χ0n) is 6.20. The van der Waals surface area contributed by atoms with Crippen LogP contribution < -0.4 is 0 Å². The fourth-order valence-electron chi connectivity index (χ4n) is 0.136. The standard InChI is InChI=1S/C4H8O.C3H4O2/c1-3-4-5-2;1-2-3(4)5/h3-4H,1-2H3;2H,1H2,(H,4,5). The van der Waals surface area contributed by atoms with E-state index >= 15 is 0 Å². The molecular formula is C7H12O3. The minimum Gasteiger partial charge on any atom is -0.505 e. The van der Waals surface area contributed by atoms with Crippen LogP contribution in [0.1, 0.15) is 6.92 Å². The Morgan fingerprint density at radius 2 is 2.10 bits per heavy atom.